The summed E-state index contributed by atoms with van der Waals surface area (Å²) in [6.07, 6.45) is 3.23. The summed E-state index contributed by atoms with van der Waals surface area (Å²) in [7, 11) is 0. The number of carbonyl (C=O) groups is 1. The molecule has 2 nitrogen and oxygen atoms in total. The second-order valence-corrected chi connectivity index (χ2v) is 3.68. The summed E-state index contributed by atoms with van der Waals surface area (Å²) in [5.41, 5.74) is 1.54. The van der Waals surface area contributed by atoms with Crippen LogP contribution in [0.1, 0.15) is 23.2 Å². The fraction of sp³-hybridized carbons (Fsp3) is 0.300. The molecule has 1 N–H and O–H groups in total. The molecule has 0 atom stereocenters. The van der Waals surface area contributed by atoms with Crippen LogP contribution in [0.25, 0.3) is 0 Å². The lowest BCUT2D eigenvalue weighted by molar-refractivity contribution is 0.112. The summed E-state index contributed by atoms with van der Waals surface area (Å²) < 4.78 is 0. The van der Waals surface area contributed by atoms with Gasteiger partial charge in [0, 0.05) is 11.6 Å². The monoisotopic (exact) mass is 195 g/mol. The normalized spacial score (nSPS) is 15.5. The van der Waals surface area contributed by atoms with Crippen molar-refractivity contribution >= 4 is 23.6 Å². The van der Waals surface area contributed by atoms with E-state index in [-0.39, 0.29) is 0 Å². The SMILES string of the molecule is O=Cc1ccc(NC2CC2)c(Cl)c1. The lowest BCUT2D eigenvalue weighted by atomic mass is 10.2. The molecule has 1 aliphatic carbocycles. The Morgan fingerprint density at radius 3 is 2.77 bits per heavy atom. The molecule has 1 aliphatic rings. The van der Waals surface area contributed by atoms with E-state index in [0.717, 1.165) is 12.0 Å². The van der Waals surface area contributed by atoms with Gasteiger partial charge in [-0.15, -0.1) is 0 Å². The summed E-state index contributed by atoms with van der Waals surface area (Å²) in [6.45, 7) is 0. The van der Waals surface area contributed by atoms with Crippen molar-refractivity contribution in [2.75, 3.05) is 5.32 Å². The van der Waals surface area contributed by atoms with Crippen molar-refractivity contribution in [3.63, 3.8) is 0 Å². The van der Waals surface area contributed by atoms with Crippen molar-refractivity contribution in [2.45, 2.75) is 18.9 Å². The molecule has 68 valence electrons. The largest absolute Gasteiger partial charge is 0.381 e. The van der Waals surface area contributed by atoms with Gasteiger partial charge in [0.25, 0.3) is 0 Å². The van der Waals surface area contributed by atoms with E-state index in [1.807, 2.05) is 6.07 Å². The Kier molecular flexibility index (Phi) is 2.23. The second kappa shape index (κ2) is 3.38. The maximum absolute atomic E-state index is 10.4. The average molecular weight is 196 g/mol. The first kappa shape index (κ1) is 8.57. The van der Waals surface area contributed by atoms with Gasteiger partial charge in [-0.1, -0.05) is 11.6 Å². The van der Waals surface area contributed by atoms with Gasteiger partial charge in [-0.2, -0.15) is 0 Å². The van der Waals surface area contributed by atoms with E-state index < -0.39 is 0 Å². The third-order valence-electron chi connectivity index (χ3n) is 2.07. The van der Waals surface area contributed by atoms with E-state index in [1.165, 1.54) is 12.8 Å². The number of nitrogens with one attached hydrogen (secondary N) is 1. The smallest absolute Gasteiger partial charge is 0.150 e. The van der Waals surface area contributed by atoms with Crippen LogP contribution in [0.5, 0.6) is 0 Å². The zero-order chi connectivity index (χ0) is 9.26. The van der Waals surface area contributed by atoms with Crippen LogP contribution in [0.2, 0.25) is 5.02 Å². The average Bonchev–Trinajstić information content (AvgIpc) is 2.92. The van der Waals surface area contributed by atoms with Crippen LogP contribution in [-0.4, -0.2) is 12.3 Å². The number of anilines is 1. The first-order chi connectivity index (χ1) is 6.29. The number of aldehydes is 1. The van der Waals surface area contributed by atoms with Gasteiger partial charge in [0.15, 0.2) is 0 Å². The van der Waals surface area contributed by atoms with Crippen molar-refractivity contribution < 1.29 is 4.79 Å². The maximum atomic E-state index is 10.4. The fourth-order valence-electron chi connectivity index (χ4n) is 1.17. The van der Waals surface area contributed by atoms with Crippen LogP contribution in [0.3, 0.4) is 0 Å². The Bertz CT molecular complexity index is 334. The van der Waals surface area contributed by atoms with Gasteiger partial charge in [-0.3, -0.25) is 4.79 Å². The van der Waals surface area contributed by atoms with Gasteiger partial charge in [0.2, 0.25) is 0 Å². The first-order valence-corrected chi connectivity index (χ1v) is 4.68. The number of carbonyl (C=O) groups excluding carboxylic acids is 1. The number of benzene rings is 1. The van der Waals surface area contributed by atoms with Crippen LogP contribution >= 0.6 is 11.6 Å². The van der Waals surface area contributed by atoms with E-state index in [2.05, 4.69) is 5.32 Å². The number of hydrogen-bond donors (Lipinski definition) is 1. The molecule has 0 radical (unpaired) electrons. The molecule has 2 rings (SSSR count). The van der Waals surface area contributed by atoms with Crippen molar-refractivity contribution in [3.05, 3.63) is 28.8 Å². The quantitative estimate of drug-likeness (QED) is 0.752. The molecule has 0 unspecified atom stereocenters. The number of halogens is 1. The van der Waals surface area contributed by atoms with Crippen LogP contribution in [0, 0.1) is 0 Å². The van der Waals surface area contributed by atoms with E-state index in [0.29, 0.717) is 16.6 Å². The maximum Gasteiger partial charge on any atom is 0.150 e. The zero-order valence-corrected chi connectivity index (χ0v) is 7.84. The molecule has 0 aliphatic heterocycles. The standard InChI is InChI=1S/C10H10ClNO/c11-9-5-7(6-13)1-4-10(9)12-8-2-3-8/h1,4-6,8,12H,2-3H2. The number of rotatable bonds is 3. The zero-order valence-electron chi connectivity index (χ0n) is 7.09. The lowest BCUT2D eigenvalue weighted by Crippen LogP contribution is -2.01. The molecule has 13 heavy (non-hydrogen) atoms. The van der Waals surface area contributed by atoms with Crippen molar-refractivity contribution in [1.29, 1.82) is 0 Å². The topological polar surface area (TPSA) is 29.1 Å². The molecule has 1 aromatic rings. The summed E-state index contributed by atoms with van der Waals surface area (Å²) in [5.74, 6) is 0. The highest BCUT2D eigenvalue weighted by atomic mass is 35.5. The minimum Gasteiger partial charge on any atom is -0.381 e. The van der Waals surface area contributed by atoms with Gasteiger partial charge in [-0.25, -0.2) is 0 Å². The molecule has 0 saturated heterocycles. The molecule has 0 heterocycles. The number of hydrogen-bond acceptors (Lipinski definition) is 2. The summed E-state index contributed by atoms with van der Waals surface area (Å²) >= 11 is 5.96. The molecule has 1 aromatic carbocycles. The van der Waals surface area contributed by atoms with Gasteiger partial charge >= 0.3 is 0 Å². The molecule has 1 fully saturated rings. The molecule has 3 heteroatoms. The predicted octanol–water partition coefficient (Wildman–Crippen LogP) is 2.73. The summed E-state index contributed by atoms with van der Waals surface area (Å²) in [4.78, 5) is 10.4. The predicted molar refractivity (Wildman–Crippen MR) is 53.5 cm³/mol. The van der Waals surface area contributed by atoms with Crippen LogP contribution in [0.15, 0.2) is 18.2 Å². The van der Waals surface area contributed by atoms with Gasteiger partial charge in [0.05, 0.1) is 10.7 Å². The van der Waals surface area contributed by atoms with Gasteiger partial charge < -0.3 is 5.32 Å². The highest BCUT2D eigenvalue weighted by Crippen LogP contribution is 2.29. The Balaban J connectivity index is 2.20. The van der Waals surface area contributed by atoms with E-state index in [9.17, 15) is 4.79 Å². The molecule has 0 amide bonds. The molecule has 0 bridgehead atoms. The van der Waals surface area contributed by atoms with E-state index in [1.54, 1.807) is 12.1 Å². The van der Waals surface area contributed by atoms with Crippen LogP contribution < -0.4 is 5.32 Å². The molecular formula is C10H10ClNO. The Morgan fingerprint density at radius 2 is 2.23 bits per heavy atom. The molecule has 0 aromatic heterocycles. The minimum atomic E-state index is 0.583. The fourth-order valence-corrected chi connectivity index (χ4v) is 1.41. The Hall–Kier alpha value is -1.02. The van der Waals surface area contributed by atoms with Crippen molar-refractivity contribution in [3.8, 4) is 0 Å². The molecule has 1 saturated carbocycles. The highest BCUT2D eigenvalue weighted by Gasteiger charge is 2.21. The van der Waals surface area contributed by atoms with Gasteiger partial charge in [-0.05, 0) is 31.0 Å². The molecular weight excluding hydrogens is 186 g/mol. The van der Waals surface area contributed by atoms with Crippen LogP contribution in [-0.2, 0) is 0 Å². The summed E-state index contributed by atoms with van der Waals surface area (Å²) in [5, 5.41) is 3.91. The lowest BCUT2D eigenvalue weighted by Gasteiger charge is -2.06. The Morgan fingerprint density at radius 1 is 1.46 bits per heavy atom. The minimum absolute atomic E-state index is 0.583. The van der Waals surface area contributed by atoms with Crippen molar-refractivity contribution in [1.82, 2.24) is 0 Å². The third-order valence-corrected chi connectivity index (χ3v) is 2.38. The second-order valence-electron chi connectivity index (χ2n) is 3.28. The van der Waals surface area contributed by atoms with E-state index >= 15 is 0 Å². The molecule has 0 spiro atoms. The van der Waals surface area contributed by atoms with E-state index in [4.69, 9.17) is 11.6 Å². The Labute approximate surface area is 81.9 Å². The summed E-state index contributed by atoms with van der Waals surface area (Å²) in [6, 6.07) is 5.88. The highest BCUT2D eigenvalue weighted by molar-refractivity contribution is 6.33. The first-order valence-electron chi connectivity index (χ1n) is 4.31. The third kappa shape index (κ3) is 2.01. The van der Waals surface area contributed by atoms with Gasteiger partial charge in [0.1, 0.15) is 6.29 Å². The van der Waals surface area contributed by atoms with Crippen molar-refractivity contribution in [2.24, 2.45) is 0 Å². The van der Waals surface area contributed by atoms with Crippen LogP contribution in [0.4, 0.5) is 5.69 Å².